The van der Waals surface area contributed by atoms with Crippen LogP contribution < -0.4 is 9.62 Å². The number of aromatic nitrogens is 2. The third-order valence-electron chi connectivity index (χ3n) is 4.28. The fraction of sp³-hybridized carbons (Fsp3) is 0.438. The van der Waals surface area contributed by atoms with Crippen molar-refractivity contribution in [1.29, 1.82) is 5.26 Å². The molecule has 2 aromatic rings. The summed E-state index contributed by atoms with van der Waals surface area (Å²) >= 11 is 0. The Balaban J connectivity index is 1.89. The molecule has 1 atom stereocenters. The molecular weight excluding hydrogens is 345 g/mol. The largest absolute Gasteiger partial charge is 0.356 e. The van der Waals surface area contributed by atoms with Gasteiger partial charge >= 0.3 is 0 Å². The molecular formula is C16H18FN5O2S. The fourth-order valence-electron chi connectivity index (χ4n) is 3.09. The highest BCUT2D eigenvalue weighted by Crippen LogP contribution is 2.28. The van der Waals surface area contributed by atoms with Gasteiger partial charge in [-0.2, -0.15) is 5.26 Å². The van der Waals surface area contributed by atoms with E-state index >= 15 is 0 Å². The number of hydrogen-bond acceptors (Lipinski definition) is 6. The van der Waals surface area contributed by atoms with Gasteiger partial charge in [0.2, 0.25) is 10.0 Å². The molecule has 1 saturated heterocycles. The lowest BCUT2D eigenvalue weighted by atomic mass is 9.98. The molecule has 1 N–H and O–H groups in total. The molecule has 132 valence electrons. The van der Waals surface area contributed by atoms with E-state index in [2.05, 4.69) is 14.7 Å². The first-order chi connectivity index (χ1) is 11.9. The van der Waals surface area contributed by atoms with Gasteiger partial charge in [0.05, 0.1) is 17.3 Å². The highest BCUT2D eigenvalue weighted by Gasteiger charge is 2.23. The van der Waals surface area contributed by atoms with Crippen molar-refractivity contribution in [1.82, 2.24) is 14.7 Å². The topological polar surface area (TPSA) is 99.0 Å². The van der Waals surface area contributed by atoms with Gasteiger partial charge < -0.3 is 4.90 Å². The lowest BCUT2D eigenvalue weighted by Gasteiger charge is -2.34. The van der Waals surface area contributed by atoms with E-state index in [0.717, 1.165) is 25.6 Å². The summed E-state index contributed by atoms with van der Waals surface area (Å²) in [6, 6.07) is 4.55. The van der Waals surface area contributed by atoms with Crippen molar-refractivity contribution in [3.8, 4) is 6.07 Å². The number of piperidine rings is 1. The van der Waals surface area contributed by atoms with Crippen LogP contribution in [0, 0.1) is 23.1 Å². The average molecular weight is 363 g/mol. The second-order valence-electron chi connectivity index (χ2n) is 6.23. The Bertz CT molecular complexity index is 941. The minimum Gasteiger partial charge on any atom is -0.356 e. The molecule has 0 radical (unpaired) electrons. The summed E-state index contributed by atoms with van der Waals surface area (Å²) < 4.78 is 38.9. The van der Waals surface area contributed by atoms with Crippen molar-refractivity contribution < 1.29 is 12.8 Å². The van der Waals surface area contributed by atoms with Crippen LogP contribution in [0.25, 0.3) is 10.9 Å². The van der Waals surface area contributed by atoms with Crippen molar-refractivity contribution in [2.45, 2.75) is 12.8 Å². The van der Waals surface area contributed by atoms with Gasteiger partial charge in [0.25, 0.3) is 0 Å². The number of hydrogen-bond donors (Lipinski definition) is 1. The summed E-state index contributed by atoms with van der Waals surface area (Å²) in [5.74, 6) is 0.198. The van der Waals surface area contributed by atoms with Gasteiger partial charge in [0, 0.05) is 31.1 Å². The van der Waals surface area contributed by atoms with Gasteiger partial charge in [-0.3, -0.25) is 0 Å². The summed E-state index contributed by atoms with van der Waals surface area (Å²) in [7, 11) is -3.23. The number of sulfonamides is 1. The molecule has 1 aliphatic heterocycles. The summed E-state index contributed by atoms with van der Waals surface area (Å²) in [6.07, 6.45) is 4.33. The van der Waals surface area contributed by atoms with Crippen molar-refractivity contribution >= 4 is 26.7 Å². The summed E-state index contributed by atoms with van der Waals surface area (Å²) in [4.78, 5) is 10.4. The maximum absolute atomic E-state index is 13.8. The SMILES string of the molecule is CS(=O)(=O)NC[C@@H]1CCCN(c2ncnc3cc(F)c(C#N)cc23)C1. The molecule has 1 fully saturated rings. The first-order valence-corrected chi connectivity index (χ1v) is 9.80. The second-order valence-corrected chi connectivity index (χ2v) is 8.07. The summed E-state index contributed by atoms with van der Waals surface area (Å²) in [6.45, 7) is 1.77. The number of anilines is 1. The fourth-order valence-corrected chi connectivity index (χ4v) is 3.63. The Labute approximate surface area is 145 Å². The predicted molar refractivity (Wildman–Crippen MR) is 92.0 cm³/mol. The van der Waals surface area contributed by atoms with Crippen molar-refractivity contribution in [2.24, 2.45) is 5.92 Å². The zero-order valence-corrected chi connectivity index (χ0v) is 14.6. The van der Waals surface area contributed by atoms with Crippen molar-refractivity contribution in [2.75, 3.05) is 30.8 Å². The number of nitrogens with zero attached hydrogens (tertiary/aromatic N) is 4. The minimum atomic E-state index is -3.23. The van der Waals surface area contributed by atoms with Crippen molar-refractivity contribution in [3.63, 3.8) is 0 Å². The number of nitrogens with one attached hydrogen (secondary N) is 1. The van der Waals surface area contributed by atoms with Crippen LogP contribution in [-0.4, -0.2) is 44.3 Å². The Morgan fingerprint density at radius 2 is 2.24 bits per heavy atom. The zero-order valence-electron chi connectivity index (χ0n) is 13.7. The van der Waals surface area contributed by atoms with Crippen LogP contribution in [0.2, 0.25) is 0 Å². The second kappa shape index (κ2) is 6.90. The Morgan fingerprint density at radius 1 is 1.44 bits per heavy atom. The van der Waals surface area contributed by atoms with Gasteiger partial charge in [-0.25, -0.2) is 27.5 Å². The van der Waals surface area contributed by atoms with Crippen LogP contribution in [0.4, 0.5) is 10.2 Å². The highest BCUT2D eigenvalue weighted by molar-refractivity contribution is 7.88. The van der Waals surface area contributed by atoms with E-state index in [9.17, 15) is 12.8 Å². The molecule has 0 unspecified atom stereocenters. The Morgan fingerprint density at radius 3 is 2.96 bits per heavy atom. The standard InChI is InChI=1S/C16H18FN5O2S/c1-25(23,24)21-8-11-3-2-4-22(9-11)16-13-5-12(7-18)14(17)6-15(13)19-10-20-16/h5-6,10-11,21H,2-4,8-9H2,1H3/t11-/m0/s1. The van der Waals surface area contributed by atoms with Gasteiger partial charge in [0.15, 0.2) is 0 Å². The van der Waals surface area contributed by atoms with Crippen molar-refractivity contribution in [3.05, 3.63) is 29.8 Å². The molecule has 7 nitrogen and oxygen atoms in total. The lowest BCUT2D eigenvalue weighted by molar-refractivity contribution is 0.410. The first-order valence-electron chi connectivity index (χ1n) is 7.91. The number of halogens is 1. The third kappa shape index (κ3) is 4.03. The van der Waals surface area contributed by atoms with E-state index in [1.165, 1.54) is 18.5 Å². The zero-order chi connectivity index (χ0) is 18.0. The van der Waals surface area contributed by atoms with E-state index in [1.807, 2.05) is 11.0 Å². The molecule has 0 bridgehead atoms. The van der Waals surface area contributed by atoms with E-state index in [4.69, 9.17) is 5.26 Å². The number of nitriles is 1. The number of benzene rings is 1. The van der Waals surface area contributed by atoms with Gasteiger partial charge in [-0.1, -0.05) is 0 Å². The average Bonchev–Trinajstić information content (AvgIpc) is 2.58. The van der Waals surface area contributed by atoms with Crippen LogP contribution in [0.15, 0.2) is 18.5 Å². The number of fused-ring (bicyclic) bond motifs is 1. The lowest BCUT2D eigenvalue weighted by Crippen LogP contribution is -2.41. The van der Waals surface area contributed by atoms with Crippen LogP contribution >= 0.6 is 0 Å². The minimum absolute atomic E-state index is 0.0455. The molecule has 3 rings (SSSR count). The number of rotatable bonds is 4. The molecule has 9 heteroatoms. The molecule has 0 aliphatic carbocycles. The van der Waals surface area contributed by atoms with Crippen LogP contribution in [0.5, 0.6) is 0 Å². The van der Waals surface area contributed by atoms with E-state index in [0.29, 0.717) is 29.8 Å². The molecule has 0 spiro atoms. The predicted octanol–water partition coefficient (Wildman–Crippen LogP) is 1.41. The molecule has 1 aromatic carbocycles. The molecule has 1 aliphatic rings. The van der Waals surface area contributed by atoms with Gasteiger partial charge in [-0.05, 0) is 24.8 Å². The molecule has 2 heterocycles. The quantitative estimate of drug-likeness (QED) is 0.882. The monoisotopic (exact) mass is 363 g/mol. The molecule has 25 heavy (non-hydrogen) atoms. The van der Waals surface area contributed by atoms with Gasteiger partial charge in [0.1, 0.15) is 24.0 Å². The molecule has 1 aromatic heterocycles. The van der Waals surface area contributed by atoms with Crippen LogP contribution in [0.1, 0.15) is 18.4 Å². The Hall–Kier alpha value is -2.31. The molecule has 0 amide bonds. The van der Waals surface area contributed by atoms with E-state index in [-0.39, 0.29) is 11.5 Å². The van der Waals surface area contributed by atoms with E-state index in [1.54, 1.807) is 0 Å². The summed E-state index contributed by atoms with van der Waals surface area (Å²) in [5, 5.41) is 9.68. The summed E-state index contributed by atoms with van der Waals surface area (Å²) in [5.41, 5.74) is 0.397. The van der Waals surface area contributed by atoms with Crippen LogP contribution in [-0.2, 0) is 10.0 Å². The third-order valence-corrected chi connectivity index (χ3v) is 4.97. The smallest absolute Gasteiger partial charge is 0.208 e. The van der Waals surface area contributed by atoms with Crippen LogP contribution in [0.3, 0.4) is 0 Å². The highest BCUT2D eigenvalue weighted by atomic mass is 32.2. The maximum atomic E-state index is 13.8. The van der Waals surface area contributed by atoms with Gasteiger partial charge in [-0.15, -0.1) is 0 Å². The first kappa shape index (κ1) is 17.5. The Kier molecular flexibility index (Phi) is 4.83. The molecule has 0 saturated carbocycles. The normalized spacial score (nSPS) is 18.3. The maximum Gasteiger partial charge on any atom is 0.208 e. The van der Waals surface area contributed by atoms with E-state index < -0.39 is 15.8 Å².